The Morgan fingerprint density at radius 3 is 2.96 bits per heavy atom. The number of hydrogen-bond donors (Lipinski definition) is 1. The SMILES string of the molecule is O=C(CCCc1ccc(Cl)c(Cl)c1)NCc1cn2ccsc2n1. The molecule has 4 nitrogen and oxygen atoms in total. The largest absolute Gasteiger partial charge is 0.350 e. The highest BCUT2D eigenvalue weighted by Gasteiger charge is 2.06. The molecule has 0 aliphatic rings. The highest BCUT2D eigenvalue weighted by atomic mass is 35.5. The van der Waals surface area contributed by atoms with Crippen molar-refractivity contribution >= 4 is 45.4 Å². The van der Waals surface area contributed by atoms with E-state index < -0.39 is 0 Å². The molecule has 3 rings (SSSR count). The second kappa shape index (κ2) is 7.34. The van der Waals surface area contributed by atoms with Crippen LogP contribution >= 0.6 is 34.5 Å². The van der Waals surface area contributed by atoms with Crippen LogP contribution in [0.5, 0.6) is 0 Å². The van der Waals surface area contributed by atoms with Crippen LogP contribution in [0.1, 0.15) is 24.1 Å². The number of halogens is 2. The number of fused-ring (bicyclic) bond motifs is 1. The van der Waals surface area contributed by atoms with Gasteiger partial charge in [-0.05, 0) is 30.5 Å². The van der Waals surface area contributed by atoms with Gasteiger partial charge in [0.2, 0.25) is 5.91 Å². The molecule has 2 heterocycles. The van der Waals surface area contributed by atoms with Gasteiger partial charge in [0.05, 0.1) is 22.3 Å². The molecule has 0 aliphatic heterocycles. The van der Waals surface area contributed by atoms with Gasteiger partial charge in [0.1, 0.15) is 0 Å². The zero-order valence-corrected chi connectivity index (χ0v) is 14.6. The fraction of sp³-hybridized carbons (Fsp3) is 0.250. The van der Waals surface area contributed by atoms with Crippen molar-refractivity contribution in [2.24, 2.45) is 0 Å². The van der Waals surface area contributed by atoms with Crippen molar-refractivity contribution in [1.29, 1.82) is 0 Å². The minimum atomic E-state index is 0.0291. The molecule has 0 saturated heterocycles. The van der Waals surface area contributed by atoms with E-state index in [4.69, 9.17) is 23.2 Å². The van der Waals surface area contributed by atoms with Gasteiger partial charge in [-0.25, -0.2) is 4.98 Å². The number of carbonyl (C=O) groups excluding carboxylic acids is 1. The van der Waals surface area contributed by atoms with Crippen LogP contribution in [0, 0.1) is 0 Å². The zero-order valence-electron chi connectivity index (χ0n) is 12.3. The molecule has 0 bridgehead atoms. The third kappa shape index (κ3) is 4.25. The van der Waals surface area contributed by atoms with Gasteiger partial charge < -0.3 is 5.32 Å². The molecule has 1 aromatic carbocycles. The lowest BCUT2D eigenvalue weighted by Gasteiger charge is -2.05. The van der Waals surface area contributed by atoms with Crippen LogP contribution < -0.4 is 5.32 Å². The van der Waals surface area contributed by atoms with Crippen molar-refractivity contribution < 1.29 is 4.79 Å². The average molecular weight is 368 g/mol. The van der Waals surface area contributed by atoms with Crippen LogP contribution in [0.4, 0.5) is 0 Å². The van der Waals surface area contributed by atoms with Gasteiger partial charge in [0, 0.05) is 24.2 Å². The third-order valence-corrected chi connectivity index (χ3v) is 4.97. The van der Waals surface area contributed by atoms with Gasteiger partial charge in [0.25, 0.3) is 0 Å². The van der Waals surface area contributed by atoms with Gasteiger partial charge in [-0.2, -0.15) is 0 Å². The van der Waals surface area contributed by atoms with Crippen LogP contribution in [0.2, 0.25) is 10.0 Å². The van der Waals surface area contributed by atoms with Crippen molar-refractivity contribution in [3.8, 4) is 0 Å². The first-order chi connectivity index (χ1) is 11.1. The Balaban J connectivity index is 1.42. The number of nitrogens with one attached hydrogen (secondary N) is 1. The Morgan fingerprint density at radius 2 is 2.17 bits per heavy atom. The second-order valence-electron chi connectivity index (χ2n) is 5.20. The number of hydrogen-bond acceptors (Lipinski definition) is 3. The van der Waals surface area contributed by atoms with Crippen molar-refractivity contribution in [2.75, 3.05) is 0 Å². The van der Waals surface area contributed by atoms with Gasteiger partial charge in [-0.1, -0.05) is 29.3 Å². The van der Waals surface area contributed by atoms with Crippen LogP contribution in [-0.4, -0.2) is 15.3 Å². The number of thiazole rings is 1. The van der Waals surface area contributed by atoms with E-state index in [1.807, 2.05) is 34.3 Å². The predicted octanol–water partition coefficient (Wildman–Crippen LogP) is 4.34. The maximum Gasteiger partial charge on any atom is 0.220 e. The number of nitrogens with zero attached hydrogens (tertiary/aromatic N) is 2. The van der Waals surface area contributed by atoms with E-state index in [0.717, 1.165) is 29.1 Å². The van der Waals surface area contributed by atoms with Crippen molar-refractivity contribution in [3.05, 3.63) is 57.3 Å². The van der Waals surface area contributed by atoms with Crippen molar-refractivity contribution in [1.82, 2.24) is 14.7 Å². The summed E-state index contributed by atoms with van der Waals surface area (Å²) in [6, 6.07) is 5.56. The zero-order chi connectivity index (χ0) is 16.2. The fourth-order valence-corrected chi connectivity index (χ4v) is 3.33. The number of amides is 1. The summed E-state index contributed by atoms with van der Waals surface area (Å²) in [4.78, 5) is 17.3. The smallest absolute Gasteiger partial charge is 0.220 e. The summed E-state index contributed by atoms with van der Waals surface area (Å²) in [5, 5.41) is 5.98. The molecule has 0 fully saturated rings. The minimum absolute atomic E-state index is 0.0291. The van der Waals surface area contributed by atoms with Crippen LogP contribution in [0.15, 0.2) is 36.0 Å². The van der Waals surface area contributed by atoms with E-state index in [1.165, 1.54) is 0 Å². The molecule has 0 unspecified atom stereocenters. The predicted molar refractivity (Wildman–Crippen MR) is 94.3 cm³/mol. The maximum atomic E-state index is 11.9. The molecule has 0 atom stereocenters. The van der Waals surface area contributed by atoms with E-state index in [1.54, 1.807) is 17.4 Å². The summed E-state index contributed by atoms with van der Waals surface area (Å²) >= 11 is 13.4. The molecule has 7 heteroatoms. The summed E-state index contributed by atoms with van der Waals surface area (Å²) in [5.74, 6) is 0.0291. The number of rotatable bonds is 6. The molecule has 0 aliphatic carbocycles. The van der Waals surface area contributed by atoms with Crippen LogP contribution in [0.25, 0.3) is 4.96 Å². The standard InChI is InChI=1S/C16H15Cl2N3OS/c17-13-5-4-11(8-14(13)18)2-1-3-15(22)19-9-12-10-21-6-7-23-16(21)20-12/h4-8,10H,1-3,9H2,(H,19,22). The molecule has 120 valence electrons. The van der Waals surface area contributed by atoms with Crippen LogP contribution in [0.3, 0.4) is 0 Å². The highest BCUT2D eigenvalue weighted by molar-refractivity contribution is 7.15. The Labute approximate surface area is 148 Å². The second-order valence-corrected chi connectivity index (χ2v) is 6.89. The van der Waals surface area contributed by atoms with E-state index in [9.17, 15) is 4.79 Å². The number of benzene rings is 1. The van der Waals surface area contributed by atoms with Gasteiger partial charge in [-0.3, -0.25) is 9.20 Å². The molecular formula is C16H15Cl2N3OS. The molecule has 2 aromatic heterocycles. The molecule has 0 saturated carbocycles. The topological polar surface area (TPSA) is 46.4 Å². The first-order valence-electron chi connectivity index (χ1n) is 7.23. The van der Waals surface area contributed by atoms with E-state index in [0.29, 0.717) is 23.0 Å². The maximum absolute atomic E-state index is 11.9. The summed E-state index contributed by atoms with van der Waals surface area (Å²) < 4.78 is 1.95. The summed E-state index contributed by atoms with van der Waals surface area (Å²) in [6.07, 6.45) is 5.92. The first-order valence-corrected chi connectivity index (χ1v) is 8.87. The fourth-order valence-electron chi connectivity index (χ4n) is 2.29. The number of aryl methyl sites for hydroxylation is 1. The Morgan fingerprint density at radius 1 is 1.30 bits per heavy atom. The van der Waals surface area contributed by atoms with Crippen LogP contribution in [-0.2, 0) is 17.8 Å². The molecule has 0 radical (unpaired) electrons. The molecule has 1 amide bonds. The summed E-state index contributed by atoms with van der Waals surface area (Å²) in [5.41, 5.74) is 1.95. The molecule has 1 N–H and O–H groups in total. The van der Waals surface area contributed by atoms with Gasteiger partial charge in [0.15, 0.2) is 4.96 Å². The monoisotopic (exact) mass is 367 g/mol. The highest BCUT2D eigenvalue weighted by Crippen LogP contribution is 2.23. The first kappa shape index (κ1) is 16.3. The lowest BCUT2D eigenvalue weighted by atomic mass is 10.1. The number of imidazole rings is 1. The lowest BCUT2D eigenvalue weighted by Crippen LogP contribution is -2.22. The number of aromatic nitrogens is 2. The summed E-state index contributed by atoms with van der Waals surface area (Å²) in [6.45, 7) is 0.458. The lowest BCUT2D eigenvalue weighted by molar-refractivity contribution is -0.121. The minimum Gasteiger partial charge on any atom is -0.350 e. The molecular weight excluding hydrogens is 353 g/mol. The average Bonchev–Trinajstić information content (AvgIpc) is 3.10. The molecule has 3 aromatic rings. The quantitative estimate of drug-likeness (QED) is 0.704. The Kier molecular flexibility index (Phi) is 5.20. The number of carbonyl (C=O) groups is 1. The van der Waals surface area contributed by atoms with Crippen molar-refractivity contribution in [3.63, 3.8) is 0 Å². The molecule has 0 spiro atoms. The molecule has 23 heavy (non-hydrogen) atoms. The Hall–Kier alpha value is -1.56. The third-order valence-electron chi connectivity index (χ3n) is 3.46. The Bertz CT molecular complexity index is 799. The van der Waals surface area contributed by atoms with E-state index in [-0.39, 0.29) is 5.91 Å². The van der Waals surface area contributed by atoms with E-state index >= 15 is 0 Å². The van der Waals surface area contributed by atoms with Gasteiger partial charge >= 0.3 is 0 Å². The normalized spacial score (nSPS) is 11.0. The van der Waals surface area contributed by atoms with Crippen molar-refractivity contribution in [2.45, 2.75) is 25.8 Å². The van der Waals surface area contributed by atoms with Gasteiger partial charge in [-0.15, -0.1) is 11.3 Å². The summed E-state index contributed by atoms with van der Waals surface area (Å²) in [7, 11) is 0. The van der Waals surface area contributed by atoms with E-state index in [2.05, 4.69) is 10.3 Å².